The molecule has 1 aromatic heterocycles. The molecule has 1 aliphatic carbocycles. The number of benzene rings is 3. The van der Waals surface area contributed by atoms with E-state index in [2.05, 4.69) is 58.4 Å². The Morgan fingerprint density at radius 2 is 1.60 bits per heavy atom. The molecule has 2 saturated heterocycles. The molecule has 5 nitrogen and oxygen atoms in total. The minimum absolute atomic E-state index is 0.106. The number of halogens is 1. The van der Waals surface area contributed by atoms with Gasteiger partial charge in [-0.05, 0) is 87.7 Å². The summed E-state index contributed by atoms with van der Waals surface area (Å²) in [5.74, 6) is 0.389. The first kappa shape index (κ1) is 30.7. The number of hydrogen-bond acceptors (Lipinski definition) is 3. The third kappa shape index (κ3) is 6.91. The molecule has 1 amide bonds. The number of likely N-dealkylation sites (tertiary alicyclic amines) is 2. The first-order chi connectivity index (χ1) is 20.9. The van der Waals surface area contributed by atoms with Crippen molar-refractivity contribution in [3.05, 3.63) is 114 Å². The summed E-state index contributed by atoms with van der Waals surface area (Å²) in [5.41, 5.74) is 4.78. The maximum Gasteiger partial charge on any atom is 0.256 e. The molecule has 6 heteroatoms. The molecule has 226 valence electrons. The number of aromatic nitrogens is 2. The highest BCUT2D eigenvalue weighted by Gasteiger charge is 2.49. The van der Waals surface area contributed by atoms with Crippen LogP contribution in [0.1, 0.15) is 72.3 Å². The van der Waals surface area contributed by atoms with Crippen LogP contribution in [0.15, 0.2) is 86.0 Å². The van der Waals surface area contributed by atoms with Crippen molar-refractivity contribution in [2.75, 3.05) is 19.6 Å². The predicted octanol–water partition coefficient (Wildman–Crippen LogP) is 8.00. The number of hydrogen-bond donors (Lipinski definition) is 1. The molecule has 3 fully saturated rings. The number of H-pyrrole nitrogens is 1. The van der Waals surface area contributed by atoms with Gasteiger partial charge in [-0.2, -0.15) is 0 Å². The number of nitrogens with one attached hydrogen (secondary N) is 1. The molecular weight excluding hydrogens is 535 g/mol. The topological polar surface area (TPSA) is 52.0 Å². The first-order valence-electron chi connectivity index (χ1n) is 15.7. The molecule has 0 spiro atoms. The van der Waals surface area contributed by atoms with Gasteiger partial charge in [0.1, 0.15) is 11.6 Å². The standard InChI is InChI=1S/C27H33FN2O.C8H8N2.C2H4/c1-20-11-12-23(28)22(19-20)26(31)29-16-13-27(14-17-29,21-7-3-2-4-8-21)15-18-30-24-9-5-6-10-25(24)30;1-6-9-7-4-2-3-5-8(7)10-6;1-2/h2-4,7-8,11-12,19,24-25H,5-6,9-10,13-18H2,1H3;2-5H,1H3,(H,9,10);1-2H2. The highest BCUT2D eigenvalue weighted by atomic mass is 19.1. The van der Waals surface area contributed by atoms with Crippen LogP contribution in [0.5, 0.6) is 0 Å². The van der Waals surface area contributed by atoms with Gasteiger partial charge in [-0.25, -0.2) is 9.37 Å². The number of carbonyl (C=O) groups is 1. The number of carbonyl (C=O) groups excluding carboxylic acids is 1. The number of aryl methyl sites for hydroxylation is 2. The summed E-state index contributed by atoms with van der Waals surface area (Å²) in [7, 11) is 0. The smallest absolute Gasteiger partial charge is 0.256 e. The largest absolute Gasteiger partial charge is 0.342 e. The monoisotopic (exact) mass is 580 g/mol. The van der Waals surface area contributed by atoms with E-state index in [0.717, 1.165) is 60.3 Å². The Balaban J connectivity index is 0.000000256. The van der Waals surface area contributed by atoms with Crippen molar-refractivity contribution in [2.24, 2.45) is 0 Å². The van der Waals surface area contributed by atoms with Crippen LogP contribution in [-0.4, -0.2) is 57.4 Å². The Morgan fingerprint density at radius 1 is 0.953 bits per heavy atom. The van der Waals surface area contributed by atoms with Gasteiger partial charge in [0.2, 0.25) is 0 Å². The molecule has 7 rings (SSSR count). The van der Waals surface area contributed by atoms with E-state index in [-0.39, 0.29) is 16.9 Å². The van der Waals surface area contributed by atoms with E-state index in [9.17, 15) is 9.18 Å². The summed E-state index contributed by atoms with van der Waals surface area (Å²) in [6.07, 6.45) is 8.53. The number of amides is 1. The quantitative estimate of drug-likeness (QED) is 0.192. The molecule has 2 unspecified atom stereocenters. The van der Waals surface area contributed by atoms with Gasteiger partial charge in [-0.1, -0.05) is 66.9 Å². The zero-order valence-corrected chi connectivity index (χ0v) is 25.7. The van der Waals surface area contributed by atoms with E-state index >= 15 is 0 Å². The first-order valence-corrected chi connectivity index (χ1v) is 15.7. The van der Waals surface area contributed by atoms with Crippen LogP contribution in [0, 0.1) is 19.7 Å². The van der Waals surface area contributed by atoms with Gasteiger partial charge >= 0.3 is 0 Å². The second-order valence-corrected chi connectivity index (χ2v) is 12.2. The Labute approximate surface area is 255 Å². The summed E-state index contributed by atoms with van der Waals surface area (Å²) in [6.45, 7) is 12.4. The number of piperidine rings is 1. The van der Waals surface area contributed by atoms with Crippen LogP contribution in [0.2, 0.25) is 0 Å². The van der Waals surface area contributed by atoms with Gasteiger partial charge in [0.25, 0.3) is 5.91 Å². The van der Waals surface area contributed by atoms with E-state index < -0.39 is 5.82 Å². The van der Waals surface area contributed by atoms with E-state index in [4.69, 9.17) is 0 Å². The minimum Gasteiger partial charge on any atom is -0.342 e. The number of nitrogens with zero attached hydrogens (tertiary/aromatic N) is 3. The fraction of sp³-hybridized carbons (Fsp3) is 0.405. The van der Waals surface area contributed by atoms with E-state index in [0.29, 0.717) is 13.1 Å². The number of fused-ring (bicyclic) bond motifs is 2. The van der Waals surface area contributed by atoms with Gasteiger partial charge in [-0.15, -0.1) is 13.2 Å². The molecule has 4 aromatic rings. The van der Waals surface area contributed by atoms with Crippen LogP contribution >= 0.6 is 0 Å². The number of rotatable bonds is 5. The van der Waals surface area contributed by atoms with Crippen LogP contribution in [0.3, 0.4) is 0 Å². The van der Waals surface area contributed by atoms with Crippen LogP contribution in [0.4, 0.5) is 4.39 Å². The van der Waals surface area contributed by atoms with Gasteiger partial charge < -0.3 is 9.88 Å². The Hall–Kier alpha value is -3.77. The van der Waals surface area contributed by atoms with E-state index in [1.807, 2.05) is 43.0 Å². The molecule has 1 N–H and O–H groups in total. The third-order valence-corrected chi connectivity index (χ3v) is 9.56. The molecular formula is C37H45FN4O. The average molecular weight is 581 g/mol. The van der Waals surface area contributed by atoms with Crippen molar-refractivity contribution in [2.45, 2.75) is 76.3 Å². The van der Waals surface area contributed by atoms with Crippen LogP contribution < -0.4 is 0 Å². The lowest BCUT2D eigenvalue weighted by molar-refractivity contribution is 0.0650. The van der Waals surface area contributed by atoms with Gasteiger partial charge in [0.15, 0.2) is 0 Å². The predicted molar refractivity (Wildman–Crippen MR) is 174 cm³/mol. The van der Waals surface area contributed by atoms with Gasteiger partial charge in [0, 0.05) is 25.2 Å². The zero-order chi connectivity index (χ0) is 30.4. The molecule has 1 saturated carbocycles. The SMILES string of the molecule is C=C.Cc1ccc(F)c(C(=O)N2CCC(CCN3C4CCCCC43)(c3ccccc3)CC2)c1.Cc1nc2ccccc2[nH]1. The third-order valence-electron chi connectivity index (χ3n) is 9.56. The fourth-order valence-corrected chi connectivity index (χ4v) is 7.16. The van der Waals surface area contributed by atoms with Gasteiger partial charge in [-0.3, -0.25) is 9.69 Å². The second kappa shape index (κ2) is 13.7. The summed E-state index contributed by atoms with van der Waals surface area (Å²) in [4.78, 5) is 25.0. The molecule has 43 heavy (non-hydrogen) atoms. The average Bonchev–Trinajstić information content (AvgIpc) is 3.63. The minimum atomic E-state index is -0.417. The molecule has 2 aliphatic heterocycles. The Kier molecular flexibility index (Phi) is 9.76. The van der Waals surface area contributed by atoms with Crippen LogP contribution in [0.25, 0.3) is 11.0 Å². The molecule has 0 bridgehead atoms. The normalized spacial score (nSPS) is 21.9. The lowest BCUT2D eigenvalue weighted by Crippen LogP contribution is -2.46. The number of imidazole rings is 1. The molecule has 2 atom stereocenters. The number of aromatic amines is 1. The molecule has 3 aliphatic rings. The summed E-state index contributed by atoms with van der Waals surface area (Å²) in [5, 5.41) is 0. The van der Waals surface area contributed by atoms with Crippen molar-refractivity contribution in [3.8, 4) is 0 Å². The van der Waals surface area contributed by atoms with Crippen molar-refractivity contribution >= 4 is 16.9 Å². The highest BCUT2D eigenvalue weighted by molar-refractivity contribution is 5.94. The Bertz CT molecular complexity index is 1460. The fourth-order valence-electron chi connectivity index (χ4n) is 7.16. The highest BCUT2D eigenvalue weighted by Crippen LogP contribution is 2.44. The summed E-state index contributed by atoms with van der Waals surface area (Å²) < 4.78 is 14.3. The lowest BCUT2D eigenvalue weighted by Gasteiger charge is -2.43. The number of para-hydroxylation sites is 2. The summed E-state index contributed by atoms with van der Waals surface area (Å²) >= 11 is 0. The van der Waals surface area contributed by atoms with Crippen molar-refractivity contribution < 1.29 is 9.18 Å². The van der Waals surface area contributed by atoms with Gasteiger partial charge in [0.05, 0.1) is 16.6 Å². The van der Waals surface area contributed by atoms with Crippen molar-refractivity contribution in [1.82, 2.24) is 19.8 Å². The van der Waals surface area contributed by atoms with E-state index in [1.165, 1.54) is 37.3 Å². The van der Waals surface area contributed by atoms with Crippen molar-refractivity contribution in [3.63, 3.8) is 0 Å². The Morgan fingerprint density at radius 3 is 2.28 bits per heavy atom. The van der Waals surface area contributed by atoms with Crippen LogP contribution in [-0.2, 0) is 5.41 Å². The van der Waals surface area contributed by atoms with E-state index in [1.54, 1.807) is 12.1 Å². The molecule has 0 radical (unpaired) electrons. The summed E-state index contributed by atoms with van der Waals surface area (Å²) in [6, 6.07) is 25.3. The van der Waals surface area contributed by atoms with Crippen molar-refractivity contribution in [1.29, 1.82) is 0 Å². The second-order valence-electron chi connectivity index (χ2n) is 12.2. The lowest BCUT2D eigenvalue weighted by atomic mass is 9.70. The zero-order valence-electron chi connectivity index (χ0n) is 25.7. The maximum absolute atomic E-state index is 14.3. The maximum atomic E-state index is 14.3. The molecule has 3 heterocycles. The molecule has 3 aromatic carbocycles.